The summed E-state index contributed by atoms with van der Waals surface area (Å²) < 4.78 is 10.7. The van der Waals surface area contributed by atoms with Crippen LogP contribution >= 0.6 is 24.0 Å². The summed E-state index contributed by atoms with van der Waals surface area (Å²) in [6.45, 7) is 6.01. The summed E-state index contributed by atoms with van der Waals surface area (Å²) in [5, 5.41) is 6.43. The second kappa shape index (κ2) is 11.6. The molecule has 0 amide bonds. The number of nitrogens with one attached hydrogen (secondary N) is 2. The van der Waals surface area contributed by atoms with E-state index in [0.29, 0.717) is 19.8 Å². The molecular weight excluding hydrogens is 381 g/mol. The van der Waals surface area contributed by atoms with Crippen LogP contribution in [-0.2, 0) is 4.74 Å². The topological polar surface area (TPSA) is 54.9 Å². The normalized spacial score (nSPS) is 12.3. The highest BCUT2D eigenvalue weighted by Crippen LogP contribution is 2.10. The van der Waals surface area contributed by atoms with E-state index in [2.05, 4.69) is 22.5 Å². The van der Waals surface area contributed by atoms with Crippen molar-refractivity contribution in [1.29, 1.82) is 0 Å². The molecule has 0 radical (unpaired) electrons. The van der Waals surface area contributed by atoms with Gasteiger partial charge in [0.25, 0.3) is 0 Å². The van der Waals surface area contributed by atoms with Crippen LogP contribution in [0.25, 0.3) is 0 Å². The molecule has 21 heavy (non-hydrogen) atoms. The highest BCUT2D eigenvalue weighted by Gasteiger charge is 2.03. The molecule has 1 aromatic rings. The molecule has 0 aliphatic rings. The fraction of sp³-hybridized carbons (Fsp3) is 0.533. The van der Waals surface area contributed by atoms with Gasteiger partial charge in [-0.2, -0.15) is 0 Å². The van der Waals surface area contributed by atoms with E-state index < -0.39 is 0 Å². The van der Waals surface area contributed by atoms with Gasteiger partial charge in [0.1, 0.15) is 12.4 Å². The third-order valence-corrected chi connectivity index (χ3v) is 2.71. The first kappa shape index (κ1) is 20.0. The van der Waals surface area contributed by atoms with Crippen molar-refractivity contribution >= 4 is 29.9 Å². The number of aliphatic imine (C=N–C) groups is 1. The maximum atomic E-state index is 5.64. The molecule has 0 aliphatic heterocycles. The lowest BCUT2D eigenvalue weighted by Gasteiger charge is -2.17. The van der Waals surface area contributed by atoms with Crippen molar-refractivity contribution in [1.82, 2.24) is 10.6 Å². The standard InChI is InChI=1S/C15H25N3O2.HI/c1-12-5-7-14(8-6-12)20-10-9-17-15(16-3)18-13(2)11-19-4;/h5-8,13H,9-11H2,1-4H3,(H2,16,17,18);1H. The highest BCUT2D eigenvalue weighted by atomic mass is 127. The number of hydrogen-bond acceptors (Lipinski definition) is 3. The van der Waals surface area contributed by atoms with Gasteiger partial charge in [-0.1, -0.05) is 17.7 Å². The molecule has 0 aromatic heterocycles. The molecule has 0 aliphatic carbocycles. The quantitative estimate of drug-likeness (QED) is 0.315. The van der Waals surface area contributed by atoms with Gasteiger partial charge in [0.2, 0.25) is 0 Å². The molecule has 1 atom stereocenters. The Bertz CT molecular complexity index is 410. The summed E-state index contributed by atoms with van der Waals surface area (Å²) in [7, 11) is 3.43. The molecule has 0 heterocycles. The average Bonchev–Trinajstić information content (AvgIpc) is 2.44. The lowest BCUT2D eigenvalue weighted by molar-refractivity contribution is 0.179. The van der Waals surface area contributed by atoms with Gasteiger partial charge in [-0.15, -0.1) is 24.0 Å². The molecule has 6 heteroatoms. The van der Waals surface area contributed by atoms with Crippen LogP contribution in [-0.4, -0.2) is 45.9 Å². The van der Waals surface area contributed by atoms with Crippen LogP contribution in [0.3, 0.4) is 0 Å². The number of guanidine groups is 1. The zero-order valence-electron chi connectivity index (χ0n) is 13.2. The Labute approximate surface area is 144 Å². The van der Waals surface area contributed by atoms with E-state index in [1.165, 1.54) is 5.56 Å². The Balaban J connectivity index is 0.00000400. The maximum absolute atomic E-state index is 5.64. The van der Waals surface area contributed by atoms with Gasteiger partial charge in [-0.25, -0.2) is 0 Å². The minimum Gasteiger partial charge on any atom is -0.492 e. The fourth-order valence-electron chi connectivity index (χ4n) is 1.69. The number of rotatable bonds is 7. The number of hydrogen-bond donors (Lipinski definition) is 2. The summed E-state index contributed by atoms with van der Waals surface area (Å²) in [5.74, 6) is 1.63. The van der Waals surface area contributed by atoms with Gasteiger partial charge in [0.05, 0.1) is 13.2 Å². The third kappa shape index (κ3) is 8.77. The molecule has 120 valence electrons. The Hall–Kier alpha value is -1.02. The number of ether oxygens (including phenoxy) is 2. The average molecular weight is 407 g/mol. The molecule has 0 spiro atoms. The van der Waals surface area contributed by atoms with Crippen molar-refractivity contribution < 1.29 is 9.47 Å². The molecule has 0 saturated heterocycles. The van der Waals surface area contributed by atoms with Crippen LogP contribution in [0.4, 0.5) is 0 Å². The lowest BCUT2D eigenvalue weighted by atomic mass is 10.2. The summed E-state index contributed by atoms with van der Waals surface area (Å²) in [4.78, 5) is 4.15. The lowest BCUT2D eigenvalue weighted by Crippen LogP contribution is -2.45. The van der Waals surface area contributed by atoms with Crippen LogP contribution in [0.5, 0.6) is 5.75 Å². The highest BCUT2D eigenvalue weighted by molar-refractivity contribution is 14.0. The molecular formula is C15H26IN3O2. The van der Waals surface area contributed by atoms with Gasteiger partial charge in [-0.3, -0.25) is 4.99 Å². The fourth-order valence-corrected chi connectivity index (χ4v) is 1.69. The Kier molecular flexibility index (Phi) is 11.1. The predicted molar refractivity (Wildman–Crippen MR) is 97.9 cm³/mol. The number of benzene rings is 1. The molecule has 1 aromatic carbocycles. The van der Waals surface area contributed by atoms with Crippen LogP contribution in [0.2, 0.25) is 0 Å². The van der Waals surface area contributed by atoms with Gasteiger partial charge in [0.15, 0.2) is 5.96 Å². The molecule has 0 bridgehead atoms. The van der Waals surface area contributed by atoms with Gasteiger partial charge < -0.3 is 20.1 Å². The Morgan fingerprint density at radius 2 is 1.95 bits per heavy atom. The van der Waals surface area contributed by atoms with Crippen molar-refractivity contribution in [2.75, 3.05) is 33.9 Å². The zero-order chi connectivity index (χ0) is 14.8. The van der Waals surface area contributed by atoms with E-state index in [4.69, 9.17) is 9.47 Å². The Morgan fingerprint density at radius 3 is 2.52 bits per heavy atom. The van der Waals surface area contributed by atoms with Crippen LogP contribution in [0, 0.1) is 6.92 Å². The van der Waals surface area contributed by atoms with Crippen LogP contribution in [0.1, 0.15) is 12.5 Å². The van der Waals surface area contributed by atoms with Crippen molar-refractivity contribution in [3.05, 3.63) is 29.8 Å². The molecule has 1 rings (SSSR count). The largest absolute Gasteiger partial charge is 0.492 e. The Morgan fingerprint density at radius 1 is 1.29 bits per heavy atom. The van der Waals surface area contributed by atoms with E-state index in [0.717, 1.165) is 11.7 Å². The molecule has 1 unspecified atom stereocenters. The first-order chi connectivity index (χ1) is 9.65. The minimum absolute atomic E-state index is 0. The van der Waals surface area contributed by atoms with E-state index in [1.54, 1.807) is 14.2 Å². The van der Waals surface area contributed by atoms with Crippen molar-refractivity contribution in [2.45, 2.75) is 19.9 Å². The number of halogens is 1. The van der Waals surface area contributed by atoms with Crippen LogP contribution in [0.15, 0.2) is 29.3 Å². The van der Waals surface area contributed by atoms with E-state index in [-0.39, 0.29) is 30.0 Å². The smallest absolute Gasteiger partial charge is 0.191 e. The van der Waals surface area contributed by atoms with Crippen molar-refractivity contribution in [3.63, 3.8) is 0 Å². The van der Waals surface area contributed by atoms with Gasteiger partial charge in [-0.05, 0) is 26.0 Å². The van der Waals surface area contributed by atoms with Crippen LogP contribution < -0.4 is 15.4 Å². The minimum atomic E-state index is 0. The van der Waals surface area contributed by atoms with E-state index >= 15 is 0 Å². The monoisotopic (exact) mass is 407 g/mol. The van der Waals surface area contributed by atoms with Crippen molar-refractivity contribution in [3.8, 4) is 5.75 Å². The number of methoxy groups -OCH3 is 1. The second-order valence-corrected chi connectivity index (χ2v) is 4.66. The summed E-state index contributed by atoms with van der Waals surface area (Å²) in [6.07, 6.45) is 0. The molecule has 2 N–H and O–H groups in total. The first-order valence-electron chi connectivity index (χ1n) is 6.81. The predicted octanol–water partition coefficient (Wildman–Crippen LogP) is 2.19. The summed E-state index contributed by atoms with van der Waals surface area (Å²) in [5.41, 5.74) is 1.23. The zero-order valence-corrected chi connectivity index (χ0v) is 15.5. The first-order valence-corrected chi connectivity index (χ1v) is 6.81. The third-order valence-electron chi connectivity index (χ3n) is 2.71. The maximum Gasteiger partial charge on any atom is 0.191 e. The van der Waals surface area contributed by atoms with E-state index in [1.807, 2.05) is 31.2 Å². The van der Waals surface area contributed by atoms with Gasteiger partial charge >= 0.3 is 0 Å². The number of aryl methyl sites for hydroxylation is 1. The summed E-state index contributed by atoms with van der Waals surface area (Å²) in [6, 6.07) is 8.24. The number of nitrogens with zero attached hydrogens (tertiary/aromatic N) is 1. The SMILES string of the molecule is CN=C(NCCOc1ccc(C)cc1)NC(C)COC.I. The summed E-state index contributed by atoms with van der Waals surface area (Å²) >= 11 is 0. The molecule has 5 nitrogen and oxygen atoms in total. The second-order valence-electron chi connectivity index (χ2n) is 4.66. The molecule has 0 fully saturated rings. The van der Waals surface area contributed by atoms with E-state index in [9.17, 15) is 0 Å². The molecule has 0 saturated carbocycles. The van der Waals surface area contributed by atoms with Crippen molar-refractivity contribution in [2.24, 2.45) is 4.99 Å². The van der Waals surface area contributed by atoms with Gasteiger partial charge in [0, 0.05) is 20.2 Å².